The quantitative estimate of drug-likeness (QED) is 0.113. The maximum atomic E-state index is 14.5. The number of unbranched alkanes of at least 4 members (excludes halogenated alkanes) is 1. The molecule has 3 heterocycles. The van der Waals surface area contributed by atoms with Crippen molar-refractivity contribution in [2.75, 3.05) is 6.67 Å². The van der Waals surface area contributed by atoms with Gasteiger partial charge in [0.15, 0.2) is 0 Å². The van der Waals surface area contributed by atoms with E-state index in [1.165, 1.54) is 19.1 Å². The van der Waals surface area contributed by atoms with Crippen molar-refractivity contribution >= 4 is 12.1 Å². The third kappa shape index (κ3) is 8.03. The van der Waals surface area contributed by atoms with E-state index in [1.807, 2.05) is 6.92 Å². The highest BCUT2D eigenvalue weighted by Gasteiger charge is 2.59. The van der Waals surface area contributed by atoms with Crippen LogP contribution in [0.1, 0.15) is 113 Å². The predicted octanol–water partition coefficient (Wildman–Crippen LogP) is 4.31. The number of hydrazine groups is 1. The van der Waals surface area contributed by atoms with E-state index in [9.17, 15) is 9.18 Å². The van der Waals surface area contributed by atoms with Crippen LogP contribution in [0, 0.1) is 23.2 Å². The van der Waals surface area contributed by atoms with Gasteiger partial charge in [0.25, 0.3) is 0 Å². The van der Waals surface area contributed by atoms with E-state index in [2.05, 4.69) is 77.4 Å². The van der Waals surface area contributed by atoms with Crippen LogP contribution in [-0.2, 0) is 4.79 Å². The predicted molar refractivity (Wildman–Crippen MR) is 178 cm³/mol. The van der Waals surface area contributed by atoms with E-state index in [0.717, 1.165) is 50.6 Å². The van der Waals surface area contributed by atoms with Crippen molar-refractivity contribution in [1.82, 2.24) is 31.7 Å². The molecule has 9 nitrogen and oxygen atoms in total. The number of carbonyl (C=O) groups excluding carboxylic acids is 1. The number of nitrogens with zero attached hydrogens (tertiary/aromatic N) is 2. The molecule has 4 rings (SSSR count). The number of rotatable bonds is 16. The molecule has 2 saturated heterocycles. The molecule has 0 aromatic heterocycles. The summed E-state index contributed by atoms with van der Waals surface area (Å²) in [6.45, 7) is 15.5. The van der Waals surface area contributed by atoms with E-state index in [4.69, 9.17) is 5.73 Å². The molecule has 12 unspecified atom stereocenters. The first kappa shape index (κ1) is 35.3. The van der Waals surface area contributed by atoms with Gasteiger partial charge in [-0.3, -0.25) is 25.4 Å². The van der Waals surface area contributed by atoms with Crippen molar-refractivity contribution in [3.63, 3.8) is 0 Å². The second-order valence-corrected chi connectivity index (χ2v) is 14.3. The zero-order valence-corrected chi connectivity index (χ0v) is 28.5. The topological polar surface area (TPSA) is 119 Å². The second-order valence-electron chi connectivity index (χ2n) is 14.3. The number of nitrogens with two attached hydrogens (primary N) is 1. The van der Waals surface area contributed by atoms with E-state index < -0.39 is 24.3 Å². The number of aliphatic imine (C=N–C) groups is 1. The van der Waals surface area contributed by atoms with Crippen molar-refractivity contribution in [2.24, 2.45) is 33.9 Å². The van der Waals surface area contributed by atoms with Gasteiger partial charge in [0.2, 0.25) is 5.91 Å². The van der Waals surface area contributed by atoms with Crippen molar-refractivity contribution in [3.8, 4) is 0 Å². The van der Waals surface area contributed by atoms with Gasteiger partial charge in [-0.2, -0.15) is 0 Å². The van der Waals surface area contributed by atoms with Gasteiger partial charge >= 0.3 is 0 Å². The summed E-state index contributed by atoms with van der Waals surface area (Å²) in [4.78, 5) is 19.1. The van der Waals surface area contributed by atoms with Crippen LogP contribution >= 0.6 is 0 Å². The van der Waals surface area contributed by atoms with E-state index >= 15 is 0 Å². The van der Waals surface area contributed by atoms with Gasteiger partial charge in [-0.15, -0.1) is 0 Å². The summed E-state index contributed by atoms with van der Waals surface area (Å²) in [6.07, 6.45) is 12.6. The first-order valence-corrected chi connectivity index (χ1v) is 17.8. The van der Waals surface area contributed by atoms with Crippen molar-refractivity contribution in [3.05, 3.63) is 11.8 Å². The Hall–Kier alpha value is -1.59. The molecule has 10 heteroatoms. The third-order valence-electron chi connectivity index (χ3n) is 11.0. The highest BCUT2D eigenvalue weighted by Crippen LogP contribution is 2.57. The van der Waals surface area contributed by atoms with Gasteiger partial charge in [0, 0.05) is 24.3 Å². The van der Waals surface area contributed by atoms with Crippen LogP contribution in [0.2, 0.25) is 0 Å². The summed E-state index contributed by atoms with van der Waals surface area (Å²) in [6, 6.07) is -0.0400. The van der Waals surface area contributed by atoms with Gasteiger partial charge in [-0.1, -0.05) is 66.7 Å². The molecule has 7 N–H and O–H groups in total. The molecule has 4 aliphatic rings. The van der Waals surface area contributed by atoms with Gasteiger partial charge in [-0.25, -0.2) is 9.82 Å². The summed E-state index contributed by atoms with van der Waals surface area (Å²) >= 11 is 0. The molecular formula is C34H63FN8O. The highest BCUT2D eigenvalue weighted by atomic mass is 19.1. The number of carbonyl (C=O) groups is 1. The number of nitrogens with one attached hydrogen (secondary N) is 5. The fraction of sp³-hybridized carbons (Fsp3) is 0.882. The Bertz CT molecular complexity index is 994. The molecule has 1 saturated carbocycles. The van der Waals surface area contributed by atoms with Gasteiger partial charge in [-0.05, 0) is 69.3 Å². The summed E-state index contributed by atoms with van der Waals surface area (Å²) in [5.41, 5.74) is 11.8. The van der Waals surface area contributed by atoms with Gasteiger partial charge in [0.1, 0.15) is 6.17 Å². The van der Waals surface area contributed by atoms with Crippen LogP contribution in [-0.4, -0.2) is 72.5 Å². The maximum Gasteiger partial charge on any atom is 0.228 e. The third-order valence-corrected chi connectivity index (χ3v) is 11.0. The number of halogens is 1. The summed E-state index contributed by atoms with van der Waals surface area (Å²) in [7, 11) is 0. The minimum Gasteiger partial charge on any atom is -0.346 e. The van der Waals surface area contributed by atoms with E-state index in [1.54, 1.807) is 6.92 Å². The second kappa shape index (κ2) is 15.8. The highest BCUT2D eigenvalue weighted by molar-refractivity contribution is 5.81. The molecule has 252 valence electrons. The minimum absolute atomic E-state index is 0.121. The van der Waals surface area contributed by atoms with E-state index in [-0.39, 0.29) is 41.7 Å². The Kier molecular flexibility index (Phi) is 12.7. The average Bonchev–Trinajstić information content (AvgIpc) is 3.35. The number of fused-ring (bicyclic) bond motifs is 2. The molecule has 12 atom stereocenters. The van der Waals surface area contributed by atoms with Crippen molar-refractivity contribution in [2.45, 2.75) is 161 Å². The smallest absolute Gasteiger partial charge is 0.228 e. The van der Waals surface area contributed by atoms with Crippen LogP contribution in [0.15, 0.2) is 16.8 Å². The molecule has 44 heavy (non-hydrogen) atoms. The molecular weight excluding hydrogens is 555 g/mol. The van der Waals surface area contributed by atoms with Crippen LogP contribution < -0.4 is 32.4 Å². The molecule has 1 amide bonds. The first-order valence-electron chi connectivity index (χ1n) is 17.8. The Morgan fingerprint density at radius 1 is 1.27 bits per heavy atom. The van der Waals surface area contributed by atoms with Crippen LogP contribution in [0.4, 0.5) is 4.39 Å². The first-order chi connectivity index (χ1) is 21.1. The van der Waals surface area contributed by atoms with Gasteiger partial charge < -0.3 is 16.4 Å². The average molecular weight is 619 g/mol. The zero-order valence-electron chi connectivity index (χ0n) is 28.5. The molecule has 0 aromatic rings. The Labute approximate surface area is 266 Å². The monoisotopic (exact) mass is 619 g/mol. The SMILES string of the molecule is CCCCC1CCCC2C=C(N3CNC(C)N3)C(NC(=O)C(C(C)/N=C\C(F)CC)C(N)NC3C(CC)C3(C)CCC)C1N2. The normalized spacial score (nSPS) is 36.4. The van der Waals surface area contributed by atoms with Crippen molar-refractivity contribution in [1.29, 1.82) is 0 Å². The number of amides is 1. The lowest BCUT2D eigenvalue weighted by Gasteiger charge is -2.43. The lowest BCUT2D eigenvalue weighted by molar-refractivity contribution is -0.127. The molecule has 0 radical (unpaired) electrons. The molecule has 0 spiro atoms. The maximum absolute atomic E-state index is 14.5. The van der Waals surface area contributed by atoms with Crippen LogP contribution in [0.5, 0.6) is 0 Å². The summed E-state index contributed by atoms with van der Waals surface area (Å²) in [5.74, 6) is 0.219. The summed E-state index contributed by atoms with van der Waals surface area (Å²) in [5, 5.41) is 16.8. The number of alkyl halides is 1. The van der Waals surface area contributed by atoms with Crippen LogP contribution in [0.25, 0.3) is 0 Å². The molecule has 3 fully saturated rings. The number of hydrogen-bond acceptors (Lipinski definition) is 8. The summed E-state index contributed by atoms with van der Waals surface area (Å²) < 4.78 is 14.3. The molecule has 0 aromatic carbocycles. The Balaban J connectivity index is 1.62. The Morgan fingerprint density at radius 2 is 2.05 bits per heavy atom. The van der Waals surface area contributed by atoms with Crippen LogP contribution in [0.3, 0.4) is 0 Å². The standard InChI is InChI=1S/C34H63FN8O/c1-8-12-14-23-15-13-16-25-18-27(43-20-38-22(6)42-43)30(29(23)39-25)40-33(44)28(21(5)37-19-24(35)10-3)32(36)41-31-26(11-4)34(31,7)17-9-2/h18-19,21-26,28-32,38-39,41-42H,8-17,20,36H2,1-7H3,(H,40,44)/b37-19-. The zero-order chi connectivity index (χ0) is 32.0. The lowest BCUT2D eigenvalue weighted by atomic mass is 9.83. The largest absolute Gasteiger partial charge is 0.346 e. The lowest BCUT2D eigenvalue weighted by Crippen LogP contribution is -2.64. The molecule has 3 aliphatic heterocycles. The molecule has 1 aliphatic carbocycles. The van der Waals surface area contributed by atoms with Crippen molar-refractivity contribution < 1.29 is 9.18 Å². The molecule has 2 bridgehead atoms. The number of hydrogen-bond donors (Lipinski definition) is 6. The fourth-order valence-electron chi connectivity index (χ4n) is 8.39. The fourth-order valence-corrected chi connectivity index (χ4v) is 8.39. The minimum atomic E-state index is -1.14. The van der Waals surface area contributed by atoms with Gasteiger partial charge in [0.05, 0.1) is 42.7 Å². The van der Waals surface area contributed by atoms with E-state index in [0.29, 0.717) is 24.9 Å². The Morgan fingerprint density at radius 3 is 2.68 bits per heavy atom.